The van der Waals surface area contributed by atoms with Gasteiger partial charge in [-0.3, -0.25) is 4.79 Å². The number of aromatic nitrogens is 4. The van der Waals surface area contributed by atoms with E-state index >= 15 is 0 Å². The minimum atomic E-state index is -0.153. The molecule has 0 aromatic carbocycles. The van der Waals surface area contributed by atoms with Crippen molar-refractivity contribution in [2.45, 2.75) is 0 Å². The van der Waals surface area contributed by atoms with Gasteiger partial charge in [-0.2, -0.15) is 0 Å². The molecule has 0 aliphatic carbocycles. The van der Waals surface area contributed by atoms with Crippen molar-refractivity contribution < 1.29 is 0 Å². The highest BCUT2D eigenvalue weighted by Gasteiger charge is 2.08. The van der Waals surface area contributed by atoms with E-state index in [-0.39, 0.29) is 5.56 Å². The third-order valence-corrected chi connectivity index (χ3v) is 2.81. The Labute approximate surface area is 109 Å². The number of H-pyrrole nitrogens is 2. The third kappa shape index (κ3) is 2.08. The summed E-state index contributed by atoms with van der Waals surface area (Å²) in [5.74, 6) is 1.45. The highest BCUT2D eigenvalue weighted by molar-refractivity contribution is 5.76. The molecule has 2 N–H and O–H groups in total. The van der Waals surface area contributed by atoms with Gasteiger partial charge in [0.15, 0.2) is 11.5 Å². The second-order valence-electron chi connectivity index (χ2n) is 4.45. The Morgan fingerprint density at radius 2 is 1.89 bits per heavy atom. The van der Waals surface area contributed by atoms with Crippen molar-refractivity contribution in [1.82, 2.24) is 19.9 Å². The summed E-state index contributed by atoms with van der Waals surface area (Å²) < 4.78 is 0. The van der Waals surface area contributed by atoms with E-state index in [1.165, 1.54) is 6.07 Å². The zero-order valence-electron chi connectivity index (χ0n) is 10.6. The lowest BCUT2D eigenvalue weighted by Gasteiger charge is -2.09. The van der Waals surface area contributed by atoms with Crippen molar-refractivity contribution in [1.29, 1.82) is 0 Å². The molecule has 3 aromatic heterocycles. The van der Waals surface area contributed by atoms with E-state index in [4.69, 9.17) is 0 Å². The number of nitrogens with one attached hydrogen (secondary N) is 2. The van der Waals surface area contributed by atoms with Gasteiger partial charge < -0.3 is 14.9 Å². The maximum absolute atomic E-state index is 11.3. The smallest absolute Gasteiger partial charge is 0.248 e. The third-order valence-electron chi connectivity index (χ3n) is 2.81. The number of rotatable bonds is 2. The van der Waals surface area contributed by atoms with Gasteiger partial charge in [0.25, 0.3) is 0 Å². The van der Waals surface area contributed by atoms with Gasteiger partial charge in [0, 0.05) is 20.2 Å². The summed E-state index contributed by atoms with van der Waals surface area (Å²) >= 11 is 0. The number of hydrogen-bond acceptors (Lipinski definition) is 4. The minimum Gasteiger partial charge on any atom is -0.363 e. The van der Waals surface area contributed by atoms with Crippen LogP contribution in [0.25, 0.3) is 22.7 Å². The van der Waals surface area contributed by atoms with E-state index in [1.807, 2.05) is 31.1 Å². The van der Waals surface area contributed by atoms with Crippen LogP contribution in [-0.4, -0.2) is 34.0 Å². The molecule has 96 valence electrons. The highest BCUT2D eigenvalue weighted by Crippen LogP contribution is 2.19. The molecule has 19 heavy (non-hydrogen) atoms. The summed E-state index contributed by atoms with van der Waals surface area (Å²) in [6.07, 6.45) is 0. The van der Waals surface area contributed by atoms with Crippen molar-refractivity contribution in [3.05, 3.63) is 40.7 Å². The first-order valence-corrected chi connectivity index (χ1v) is 5.87. The van der Waals surface area contributed by atoms with Crippen LogP contribution in [-0.2, 0) is 0 Å². The quantitative estimate of drug-likeness (QED) is 0.725. The van der Waals surface area contributed by atoms with E-state index in [2.05, 4.69) is 19.9 Å². The van der Waals surface area contributed by atoms with E-state index < -0.39 is 0 Å². The number of hydrogen-bond donors (Lipinski definition) is 2. The molecule has 0 atom stereocenters. The lowest BCUT2D eigenvalue weighted by Crippen LogP contribution is -2.10. The fourth-order valence-corrected chi connectivity index (χ4v) is 1.85. The van der Waals surface area contributed by atoms with Crippen LogP contribution in [0.1, 0.15) is 0 Å². The molecule has 3 aromatic rings. The van der Waals surface area contributed by atoms with Crippen LogP contribution in [0.3, 0.4) is 0 Å². The van der Waals surface area contributed by atoms with Crippen LogP contribution in [0.15, 0.2) is 35.1 Å². The number of imidazole rings is 1. The number of fused-ring (bicyclic) bond motifs is 1. The average Bonchev–Trinajstić information content (AvgIpc) is 2.81. The molecule has 0 bridgehead atoms. The summed E-state index contributed by atoms with van der Waals surface area (Å²) in [4.78, 5) is 27.9. The average molecular weight is 255 g/mol. The summed E-state index contributed by atoms with van der Waals surface area (Å²) in [6, 6.07) is 8.80. The zero-order chi connectivity index (χ0) is 13.4. The van der Waals surface area contributed by atoms with E-state index in [0.717, 1.165) is 11.3 Å². The number of anilines is 1. The van der Waals surface area contributed by atoms with Crippen LogP contribution >= 0.6 is 0 Å². The monoisotopic (exact) mass is 255 g/mol. The standard InChI is InChI=1S/C13H13N5O/c1-18(2)10-7-6-9-13(16-10)17-12(15-9)8-4-3-5-11(19)14-8/h3-7H,1-2H3,(H,14,19)(H,15,16,17). The molecule has 0 saturated heterocycles. The van der Waals surface area contributed by atoms with Crippen LogP contribution in [0, 0.1) is 0 Å². The first-order chi connectivity index (χ1) is 9.13. The molecule has 0 spiro atoms. The molecule has 0 fully saturated rings. The fraction of sp³-hybridized carbons (Fsp3) is 0.154. The molecule has 0 radical (unpaired) electrons. The van der Waals surface area contributed by atoms with Gasteiger partial charge in [0.2, 0.25) is 5.56 Å². The van der Waals surface area contributed by atoms with Gasteiger partial charge in [-0.15, -0.1) is 0 Å². The normalized spacial score (nSPS) is 10.8. The lowest BCUT2D eigenvalue weighted by atomic mass is 10.3. The SMILES string of the molecule is CN(C)c1ccc2[nH]c(-c3cccc(=O)[nH]3)nc2n1. The van der Waals surface area contributed by atoms with Gasteiger partial charge >= 0.3 is 0 Å². The Kier molecular flexibility index (Phi) is 2.56. The van der Waals surface area contributed by atoms with E-state index in [9.17, 15) is 4.79 Å². The summed E-state index contributed by atoms with van der Waals surface area (Å²) in [5.41, 5.74) is 1.97. The van der Waals surface area contributed by atoms with Crippen LogP contribution in [0.2, 0.25) is 0 Å². The second kappa shape index (κ2) is 4.24. The maximum Gasteiger partial charge on any atom is 0.248 e. The van der Waals surface area contributed by atoms with Crippen LogP contribution in [0.4, 0.5) is 5.82 Å². The Balaban J connectivity index is 2.14. The Morgan fingerprint density at radius 3 is 2.63 bits per heavy atom. The summed E-state index contributed by atoms with van der Waals surface area (Å²) in [5, 5.41) is 0. The first kappa shape index (κ1) is 11.5. The lowest BCUT2D eigenvalue weighted by molar-refractivity contribution is 1.08. The van der Waals surface area contributed by atoms with Crippen molar-refractivity contribution in [3.63, 3.8) is 0 Å². The summed E-state index contributed by atoms with van der Waals surface area (Å²) in [6.45, 7) is 0. The molecular formula is C13H13N5O. The predicted octanol–water partition coefficient (Wildman–Crippen LogP) is 1.38. The summed E-state index contributed by atoms with van der Waals surface area (Å²) in [7, 11) is 3.85. The number of pyridine rings is 2. The van der Waals surface area contributed by atoms with E-state index in [0.29, 0.717) is 17.2 Å². The molecule has 0 amide bonds. The molecule has 0 aliphatic rings. The van der Waals surface area contributed by atoms with Gasteiger partial charge in [0.1, 0.15) is 5.82 Å². The van der Waals surface area contributed by atoms with Crippen molar-refractivity contribution in [2.24, 2.45) is 0 Å². The number of aromatic amines is 2. The van der Waals surface area contributed by atoms with Gasteiger partial charge in [-0.1, -0.05) is 6.07 Å². The Morgan fingerprint density at radius 1 is 1.05 bits per heavy atom. The number of nitrogens with zero attached hydrogens (tertiary/aromatic N) is 3. The van der Waals surface area contributed by atoms with Gasteiger partial charge in [0.05, 0.1) is 11.2 Å². The van der Waals surface area contributed by atoms with E-state index in [1.54, 1.807) is 12.1 Å². The molecule has 6 heteroatoms. The second-order valence-corrected chi connectivity index (χ2v) is 4.45. The molecular weight excluding hydrogens is 242 g/mol. The Hall–Kier alpha value is -2.63. The molecule has 0 saturated carbocycles. The molecule has 0 unspecified atom stereocenters. The van der Waals surface area contributed by atoms with Crippen molar-refractivity contribution in [2.75, 3.05) is 19.0 Å². The highest BCUT2D eigenvalue weighted by atomic mass is 16.1. The molecule has 0 aliphatic heterocycles. The predicted molar refractivity (Wildman–Crippen MR) is 74.3 cm³/mol. The first-order valence-electron chi connectivity index (χ1n) is 5.87. The van der Waals surface area contributed by atoms with Crippen molar-refractivity contribution in [3.8, 4) is 11.5 Å². The largest absolute Gasteiger partial charge is 0.363 e. The zero-order valence-corrected chi connectivity index (χ0v) is 10.6. The molecule has 3 rings (SSSR count). The molecule has 6 nitrogen and oxygen atoms in total. The van der Waals surface area contributed by atoms with Crippen molar-refractivity contribution >= 4 is 17.0 Å². The van der Waals surface area contributed by atoms with Crippen LogP contribution in [0.5, 0.6) is 0 Å². The van der Waals surface area contributed by atoms with Gasteiger partial charge in [-0.05, 0) is 18.2 Å². The van der Waals surface area contributed by atoms with Gasteiger partial charge in [-0.25, -0.2) is 9.97 Å². The molecule has 3 heterocycles. The fourth-order valence-electron chi connectivity index (χ4n) is 1.85. The topological polar surface area (TPSA) is 77.7 Å². The van der Waals surface area contributed by atoms with Crippen LogP contribution < -0.4 is 10.5 Å². The minimum absolute atomic E-state index is 0.153. The maximum atomic E-state index is 11.3. The Bertz CT molecular complexity index is 787.